The molecule has 0 spiro atoms. The Kier molecular flexibility index (Phi) is 5.33. The van der Waals surface area contributed by atoms with Gasteiger partial charge < -0.3 is 29.9 Å². The van der Waals surface area contributed by atoms with E-state index in [1.54, 1.807) is 19.9 Å². The quantitative estimate of drug-likeness (QED) is 0.418. The highest BCUT2D eigenvalue weighted by Crippen LogP contribution is 2.52. The van der Waals surface area contributed by atoms with E-state index < -0.39 is 17.8 Å². The van der Waals surface area contributed by atoms with Crippen LogP contribution in [0, 0.1) is 0 Å². The molecule has 0 aromatic heterocycles. The van der Waals surface area contributed by atoms with Crippen molar-refractivity contribution in [3.63, 3.8) is 0 Å². The van der Waals surface area contributed by atoms with Gasteiger partial charge in [0.1, 0.15) is 35.0 Å². The summed E-state index contributed by atoms with van der Waals surface area (Å²) in [5.41, 5.74) is 1.71. The molecule has 2 atom stereocenters. The fraction of sp³-hybridized carbons (Fsp3) is 0.400. The number of ether oxygens (including phenoxy) is 2. The second kappa shape index (κ2) is 7.74. The second-order valence-electron chi connectivity index (χ2n) is 9.27. The van der Waals surface area contributed by atoms with Crippen molar-refractivity contribution in [2.45, 2.75) is 64.8 Å². The van der Waals surface area contributed by atoms with Crippen LogP contribution in [-0.2, 0) is 12.8 Å². The number of carbonyl (C=O) groups is 1. The summed E-state index contributed by atoms with van der Waals surface area (Å²) in [6.07, 6.45) is 1.36. The van der Waals surface area contributed by atoms with E-state index in [1.165, 1.54) is 12.1 Å². The molecule has 0 radical (unpaired) electrons. The highest BCUT2D eigenvalue weighted by atomic mass is 16.5. The van der Waals surface area contributed by atoms with Gasteiger partial charge in [0.2, 0.25) is 0 Å². The fourth-order valence-electron chi connectivity index (χ4n) is 4.16. The topological polar surface area (TPSA) is 116 Å². The zero-order chi connectivity index (χ0) is 23.4. The van der Waals surface area contributed by atoms with Crippen LogP contribution in [0.15, 0.2) is 29.8 Å². The van der Waals surface area contributed by atoms with Crippen molar-refractivity contribution in [2.24, 2.45) is 0 Å². The lowest BCUT2D eigenvalue weighted by Gasteiger charge is -2.28. The van der Waals surface area contributed by atoms with Gasteiger partial charge in [0.15, 0.2) is 17.3 Å². The van der Waals surface area contributed by atoms with Gasteiger partial charge in [0, 0.05) is 17.5 Å². The summed E-state index contributed by atoms with van der Waals surface area (Å²) in [7, 11) is 0. The summed E-state index contributed by atoms with van der Waals surface area (Å²) in [5, 5.41) is 41.1. The van der Waals surface area contributed by atoms with E-state index in [0.717, 1.165) is 5.57 Å². The number of carbonyl (C=O) groups excluding carboxylic acids is 1. The highest BCUT2D eigenvalue weighted by Gasteiger charge is 2.43. The Morgan fingerprint density at radius 2 is 1.81 bits per heavy atom. The lowest BCUT2D eigenvalue weighted by atomic mass is 9.88. The summed E-state index contributed by atoms with van der Waals surface area (Å²) in [5.74, 6) is -0.328. The van der Waals surface area contributed by atoms with Crippen LogP contribution in [-0.4, -0.2) is 37.9 Å². The molecule has 2 aliphatic heterocycles. The van der Waals surface area contributed by atoms with Gasteiger partial charge in [-0.3, -0.25) is 4.79 Å². The molecule has 0 saturated carbocycles. The number of hydrogen-bond donors (Lipinski definition) is 4. The summed E-state index contributed by atoms with van der Waals surface area (Å²) < 4.78 is 12.3. The van der Waals surface area contributed by atoms with Crippen molar-refractivity contribution in [3.8, 4) is 28.7 Å². The number of fused-ring (bicyclic) bond motifs is 3. The van der Waals surface area contributed by atoms with Gasteiger partial charge in [-0.1, -0.05) is 17.7 Å². The monoisotopic (exact) mass is 440 g/mol. The van der Waals surface area contributed by atoms with Gasteiger partial charge in [-0.05, 0) is 51.8 Å². The average Bonchev–Trinajstić information content (AvgIpc) is 3.15. The summed E-state index contributed by atoms with van der Waals surface area (Å²) in [4.78, 5) is 13.2. The molecule has 7 nitrogen and oxygen atoms in total. The maximum Gasteiger partial charge on any atom is 0.174 e. The molecule has 170 valence electrons. The molecular weight excluding hydrogens is 412 g/mol. The molecule has 0 unspecified atom stereocenters. The maximum absolute atomic E-state index is 13.2. The molecule has 4 N–H and O–H groups in total. The maximum atomic E-state index is 13.2. The lowest BCUT2D eigenvalue weighted by Crippen LogP contribution is -2.39. The Balaban J connectivity index is 1.84. The number of hydrogen-bond acceptors (Lipinski definition) is 7. The normalized spacial score (nSPS) is 19.6. The van der Waals surface area contributed by atoms with Crippen LogP contribution in [0.25, 0.3) is 0 Å². The molecule has 7 heteroatoms. The van der Waals surface area contributed by atoms with Crippen molar-refractivity contribution in [1.82, 2.24) is 0 Å². The Morgan fingerprint density at radius 1 is 1.09 bits per heavy atom. The van der Waals surface area contributed by atoms with E-state index in [-0.39, 0.29) is 40.8 Å². The molecule has 0 aliphatic carbocycles. The van der Waals surface area contributed by atoms with Crippen LogP contribution in [0.1, 0.15) is 67.3 Å². The first-order valence-electron chi connectivity index (χ1n) is 10.6. The van der Waals surface area contributed by atoms with Gasteiger partial charge in [-0.2, -0.15) is 0 Å². The fourth-order valence-corrected chi connectivity index (χ4v) is 4.16. The van der Waals surface area contributed by atoms with Crippen LogP contribution < -0.4 is 9.47 Å². The molecule has 2 aliphatic rings. The number of Topliss-reactive ketones (excluding diaryl/α,β-unsaturated/α-hetero) is 1. The molecule has 2 heterocycles. The molecule has 32 heavy (non-hydrogen) atoms. The number of rotatable bonds is 4. The van der Waals surface area contributed by atoms with E-state index in [2.05, 4.69) is 0 Å². The Morgan fingerprint density at radius 3 is 2.44 bits per heavy atom. The van der Waals surface area contributed by atoms with E-state index in [9.17, 15) is 25.2 Å². The number of phenolic OH excluding ortho intramolecular Hbond substituents is 3. The molecule has 2 aromatic rings. The van der Waals surface area contributed by atoms with Gasteiger partial charge >= 0.3 is 0 Å². The number of ketones is 1. The first kappa shape index (κ1) is 22.0. The minimum atomic E-state index is -1.14. The summed E-state index contributed by atoms with van der Waals surface area (Å²) in [6.45, 7) is 7.20. The number of phenols is 3. The van der Waals surface area contributed by atoms with E-state index >= 15 is 0 Å². The van der Waals surface area contributed by atoms with Crippen molar-refractivity contribution >= 4 is 5.78 Å². The smallest absolute Gasteiger partial charge is 0.174 e. The summed E-state index contributed by atoms with van der Waals surface area (Å²) in [6, 6.07) is 4.28. The van der Waals surface area contributed by atoms with Gasteiger partial charge in [-0.25, -0.2) is 0 Å². The van der Waals surface area contributed by atoms with E-state index in [0.29, 0.717) is 35.3 Å². The van der Waals surface area contributed by atoms with Crippen LogP contribution in [0.5, 0.6) is 28.7 Å². The van der Waals surface area contributed by atoms with Crippen molar-refractivity contribution in [2.75, 3.05) is 0 Å². The largest absolute Gasteiger partial charge is 0.507 e. The van der Waals surface area contributed by atoms with Crippen molar-refractivity contribution in [1.29, 1.82) is 0 Å². The number of benzene rings is 2. The Hall–Kier alpha value is -3.19. The Labute approximate surface area is 186 Å². The summed E-state index contributed by atoms with van der Waals surface area (Å²) >= 11 is 0. The zero-order valence-corrected chi connectivity index (χ0v) is 18.6. The van der Waals surface area contributed by atoms with Crippen LogP contribution in [0.3, 0.4) is 0 Å². The highest BCUT2D eigenvalue weighted by molar-refractivity contribution is 6.04. The molecule has 4 rings (SSSR count). The standard InChI is InChI=1S/C25H28O7/c1-12(2)5-7-14-22(29)21-18(28)11-19(13-6-8-16(26)17(27)9-13)31-24(21)15-10-20(25(3,4)30)32-23(14)15/h5-6,8-9,19-20,26-27,29-30H,7,10-11H2,1-4H3/t19-,20-/m0/s1. The Bertz CT molecular complexity index is 1120. The third-order valence-electron chi connectivity index (χ3n) is 6.00. The SMILES string of the molecule is CC(C)=CCc1c(O)c2c(c3c1O[C@H](C(C)(C)O)C3)O[C@H](c1ccc(O)c(O)c1)CC2=O. The lowest BCUT2D eigenvalue weighted by molar-refractivity contribution is -0.0232. The van der Waals surface area contributed by atoms with Gasteiger partial charge in [-0.15, -0.1) is 0 Å². The first-order chi connectivity index (χ1) is 15.0. The van der Waals surface area contributed by atoms with Crippen molar-refractivity contribution in [3.05, 3.63) is 52.1 Å². The van der Waals surface area contributed by atoms with Crippen LogP contribution in [0.4, 0.5) is 0 Å². The molecule has 2 aromatic carbocycles. The minimum absolute atomic E-state index is 0.0264. The van der Waals surface area contributed by atoms with Gasteiger partial charge in [0.05, 0.1) is 12.0 Å². The van der Waals surface area contributed by atoms with E-state index in [1.807, 2.05) is 19.9 Å². The third kappa shape index (κ3) is 3.77. The second-order valence-corrected chi connectivity index (χ2v) is 9.27. The molecule has 0 bridgehead atoms. The predicted molar refractivity (Wildman–Crippen MR) is 118 cm³/mol. The van der Waals surface area contributed by atoms with E-state index in [4.69, 9.17) is 9.47 Å². The van der Waals surface area contributed by atoms with Crippen LogP contribution >= 0.6 is 0 Å². The average molecular weight is 440 g/mol. The zero-order valence-electron chi connectivity index (χ0n) is 18.6. The van der Waals surface area contributed by atoms with Gasteiger partial charge in [0.25, 0.3) is 0 Å². The third-order valence-corrected chi connectivity index (χ3v) is 6.00. The number of allylic oxidation sites excluding steroid dienone is 2. The number of aromatic hydroxyl groups is 3. The van der Waals surface area contributed by atoms with Crippen LogP contribution in [0.2, 0.25) is 0 Å². The molecule has 0 amide bonds. The molecular formula is C25H28O7. The number of aliphatic hydroxyl groups is 1. The van der Waals surface area contributed by atoms with Crippen molar-refractivity contribution < 1.29 is 34.7 Å². The predicted octanol–water partition coefficient (Wildman–Crippen LogP) is 4.09. The molecule has 0 fully saturated rings. The first-order valence-corrected chi connectivity index (χ1v) is 10.6. The molecule has 0 saturated heterocycles. The minimum Gasteiger partial charge on any atom is -0.507 e.